The number of aliphatic hydroxyl groups excluding tert-OH is 1. The van der Waals surface area contributed by atoms with Crippen LogP contribution in [0, 0.1) is 23.7 Å². The van der Waals surface area contributed by atoms with Crippen molar-refractivity contribution in [3.63, 3.8) is 0 Å². The summed E-state index contributed by atoms with van der Waals surface area (Å²) in [5, 5.41) is 10.7. The second-order valence-corrected chi connectivity index (χ2v) is 11.4. The molecule has 1 saturated heterocycles. The van der Waals surface area contributed by atoms with Crippen LogP contribution in [0.15, 0.2) is 18.2 Å². The molecule has 1 saturated carbocycles. The van der Waals surface area contributed by atoms with Gasteiger partial charge in [-0.3, -0.25) is 4.79 Å². The third-order valence-electron chi connectivity index (χ3n) is 8.77. The Balaban J connectivity index is 1.45. The number of methoxy groups -OCH3 is 1. The molecule has 0 amide bonds. The number of carbonyl (C=O) groups is 2. The van der Waals surface area contributed by atoms with Gasteiger partial charge in [0.25, 0.3) is 0 Å². The average molecular weight is 547 g/mol. The summed E-state index contributed by atoms with van der Waals surface area (Å²) in [6, 6.07) is 6.08. The van der Waals surface area contributed by atoms with Crippen molar-refractivity contribution in [2.24, 2.45) is 23.7 Å². The van der Waals surface area contributed by atoms with Crippen LogP contribution in [0.25, 0.3) is 0 Å². The van der Waals surface area contributed by atoms with Gasteiger partial charge in [0, 0.05) is 5.92 Å². The predicted molar refractivity (Wildman–Crippen MR) is 145 cm³/mol. The number of hydrogen-bond acceptors (Lipinski definition) is 8. The summed E-state index contributed by atoms with van der Waals surface area (Å²) in [4.78, 5) is 23.7. The van der Waals surface area contributed by atoms with Crippen molar-refractivity contribution in [1.82, 2.24) is 0 Å². The van der Waals surface area contributed by atoms with Gasteiger partial charge in [-0.25, -0.2) is 4.79 Å². The van der Waals surface area contributed by atoms with E-state index in [0.717, 1.165) is 63.5 Å². The van der Waals surface area contributed by atoms with Gasteiger partial charge in [-0.2, -0.15) is 0 Å². The first kappa shape index (κ1) is 29.8. The highest BCUT2D eigenvalue weighted by Gasteiger charge is 2.48. The first-order valence-electron chi connectivity index (χ1n) is 14.8. The van der Waals surface area contributed by atoms with Gasteiger partial charge in [-0.15, -0.1) is 0 Å². The standard InChI is InChI=1S/C31H46O8/c1-4-6-7-10-23(32)12-13-24-25-14-20-9-8-11-27(37-19-30(34)35-3)26(20)15-21(25)16-28(24)39-31-22(18-38-31)17-29(33)36-5-2/h8-9,11,21-25,28,31-32H,4-7,10,12-19H2,1-3H3/t21-,22?,23+,24+,25-,28+,31-/m0/s1. The molecule has 1 aromatic carbocycles. The summed E-state index contributed by atoms with van der Waals surface area (Å²) in [6.45, 7) is 4.77. The average Bonchev–Trinajstić information content (AvgIpc) is 3.26. The maximum absolute atomic E-state index is 12.1. The predicted octanol–water partition coefficient (Wildman–Crippen LogP) is 4.62. The summed E-state index contributed by atoms with van der Waals surface area (Å²) in [5.41, 5.74) is 2.43. The van der Waals surface area contributed by atoms with Crippen molar-refractivity contribution in [1.29, 1.82) is 0 Å². The number of rotatable bonds is 15. The van der Waals surface area contributed by atoms with Crippen molar-refractivity contribution in [3.8, 4) is 5.75 Å². The van der Waals surface area contributed by atoms with Crippen LogP contribution in [0.4, 0.5) is 0 Å². The molecule has 1 heterocycles. The van der Waals surface area contributed by atoms with Crippen molar-refractivity contribution in [2.45, 2.75) is 96.6 Å². The van der Waals surface area contributed by atoms with Crippen LogP contribution in [-0.4, -0.2) is 62.5 Å². The molecule has 1 unspecified atom stereocenters. The molecule has 39 heavy (non-hydrogen) atoms. The molecule has 0 bridgehead atoms. The fraction of sp³-hybridized carbons (Fsp3) is 0.742. The molecule has 218 valence electrons. The topological polar surface area (TPSA) is 101 Å². The van der Waals surface area contributed by atoms with E-state index in [2.05, 4.69) is 13.0 Å². The Hall–Kier alpha value is -2.16. The molecule has 1 aromatic rings. The second kappa shape index (κ2) is 14.5. The minimum atomic E-state index is -0.397. The highest BCUT2D eigenvalue weighted by Crippen LogP contribution is 2.50. The van der Waals surface area contributed by atoms with Crippen LogP contribution in [0.3, 0.4) is 0 Å². The number of aliphatic hydroxyl groups is 1. The maximum Gasteiger partial charge on any atom is 0.343 e. The Morgan fingerprint density at radius 2 is 1.97 bits per heavy atom. The minimum Gasteiger partial charge on any atom is -0.482 e. The largest absolute Gasteiger partial charge is 0.482 e. The Bertz CT molecular complexity index is 949. The van der Waals surface area contributed by atoms with Gasteiger partial charge in [0.05, 0.1) is 39.0 Å². The first-order chi connectivity index (χ1) is 18.9. The molecule has 2 fully saturated rings. The Labute approximate surface area is 232 Å². The number of fused-ring (bicyclic) bond motifs is 2. The van der Waals surface area contributed by atoms with E-state index >= 15 is 0 Å². The quantitative estimate of drug-likeness (QED) is 0.251. The molecule has 2 aliphatic carbocycles. The fourth-order valence-corrected chi connectivity index (χ4v) is 6.65. The highest BCUT2D eigenvalue weighted by atomic mass is 16.7. The van der Waals surface area contributed by atoms with Gasteiger partial charge in [-0.1, -0.05) is 38.3 Å². The van der Waals surface area contributed by atoms with E-state index in [9.17, 15) is 14.7 Å². The van der Waals surface area contributed by atoms with Crippen LogP contribution in [0.2, 0.25) is 0 Å². The lowest BCUT2D eigenvalue weighted by Crippen LogP contribution is -2.46. The third-order valence-corrected chi connectivity index (χ3v) is 8.77. The molecule has 1 aliphatic heterocycles. The van der Waals surface area contributed by atoms with Crippen molar-refractivity contribution in [2.75, 3.05) is 26.9 Å². The lowest BCUT2D eigenvalue weighted by atomic mass is 9.73. The summed E-state index contributed by atoms with van der Waals surface area (Å²) < 4.78 is 28.1. The molecule has 7 atom stereocenters. The van der Waals surface area contributed by atoms with E-state index in [1.807, 2.05) is 19.1 Å². The molecule has 0 radical (unpaired) electrons. The summed E-state index contributed by atoms with van der Waals surface area (Å²) in [7, 11) is 1.36. The molecule has 8 nitrogen and oxygen atoms in total. The number of benzene rings is 1. The molecule has 4 rings (SSSR count). The highest BCUT2D eigenvalue weighted by molar-refractivity contribution is 5.71. The second-order valence-electron chi connectivity index (χ2n) is 11.4. The summed E-state index contributed by atoms with van der Waals surface area (Å²) in [6.07, 6.45) is 8.19. The number of carbonyl (C=O) groups excluding carboxylic acids is 2. The van der Waals surface area contributed by atoms with E-state index < -0.39 is 12.3 Å². The van der Waals surface area contributed by atoms with Crippen LogP contribution >= 0.6 is 0 Å². The van der Waals surface area contributed by atoms with E-state index in [-0.39, 0.29) is 30.7 Å². The van der Waals surface area contributed by atoms with E-state index in [0.29, 0.717) is 37.4 Å². The van der Waals surface area contributed by atoms with Crippen molar-refractivity contribution < 1.29 is 38.4 Å². The third kappa shape index (κ3) is 7.74. The van der Waals surface area contributed by atoms with Gasteiger partial charge < -0.3 is 28.8 Å². The summed E-state index contributed by atoms with van der Waals surface area (Å²) in [5.74, 6) is 1.31. The number of hydrogen-bond donors (Lipinski definition) is 1. The maximum atomic E-state index is 12.1. The van der Waals surface area contributed by atoms with Crippen LogP contribution in [-0.2, 0) is 41.4 Å². The van der Waals surface area contributed by atoms with Gasteiger partial charge in [0.15, 0.2) is 12.9 Å². The lowest BCUT2D eigenvalue weighted by Gasteiger charge is -2.39. The molecule has 0 spiro atoms. The number of ether oxygens (including phenoxy) is 5. The zero-order valence-corrected chi connectivity index (χ0v) is 23.8. The molecule has 8 heteroatoms. The van der Waals surface area contributed by atoms with Crippen molar-refractivity contribution in [3.05, 3.63) is 29.3 Å². The van der Waals surface area contributed by atoms with Crippen molar-refractivity contribution >= 4 is 11.9 Å². The minimum absolute atomic E-state index is 0.00610. The number of unbranched alkanes of at least 4 members (excludes halogenated alkanes) is 2. The van der Waals surface area contributed by atoms with Crippen LogP contribution in [0.1, 0.15) is 76.3 Å². The molecule has 3 aliphatic rings. The number of esters is 2. The fourth-order valence-electron chi connectivity index (χ4n) is 6.65. The van der Waals surface area contributed by atoms with Crippen LogP contribution in [0.5, 0.6) is 5.75 Å². The zero-order chi connectivity index (χ0) is 27.8. The SMILES string of the molecule is CCCCC[C@@H](O)CC[C@@H]1[C@H]2Cc3cccc(OCC(=O)OC)c3C[C@H]2C[C@H]1O[C@@H]1OCC1CC(=O)OCC. The zero-order valence-electron chi connectivity index (χ0n) is 23.8. The molecule has 0 aromatic heterocycles. The normalized spacial score (nSPS) is 28.1. The van der Waals surface area contributed by atoms with Gasteiger partial charge in [0.1, 0.15) is 5.75 Å². The van der Waals surface area contributed by atoms with Gasteiger partial charge >= 0.3 is 11.9 Å². The monoisotopic (exact) mass is 546 g/mol. The van der Waals surface area contributed by atoms with E-state index in [4.69, 9.17) is 23.7 Å². The Kier molecular flexibility index (Phi) is 11.1. The molecular weight excluding hydrogens is 500 g/mol. The lowest BCUT2D eigenvalue weighted by molar-refractivity contribution is -0.282. The Morgan fingerprint density at radius 3 is 2.69 bits per heavy atom. The van der Waals surface area contributed by atoms with Gasteiger partial charge in [-0.05, 0) is 80.4 Å². The molecular formula is C31H46O8. The Morgan fingerprint density at radius 1 is 1.13 bits per heavy atom. The van der Waals surface area contributed by atoms with Crippen LogP contribution < -0.4 is 4.74 Å². The van der Waals surface area contributed by atoms with Gasteiger partial charge in [0.2, 0.25) is 0 Å². The molecule has 1 N–H and O–H groups in total. The van der Waals surface area contributed by atoms with E-state index in [1.54, 1.807) is 0 Å². The first-order valence-corrected chi connectivity index (χ1v) is 14.8. The smallest absolute Gasteiger partial charge is 0.343 e. The van der Waals surface area contributed by atoms with E-state index in [1.165, 1.54) is 18.2 Å². The summed E-state index contributed by atoms with van der Waals surface area (Å²) >= 11 is 0.